The quantitative estimate of drug-likeness (QED) is 0.583. The maximum Gasteiger partial charge on any atom is 0.417 e. The summed E-state index contributed by atoms with van der Waals surface area (Å²) in [6.45, 7) is 1.72. The van der Waals surface area contributed by atoms with Crippen LogP contribution in [0.5, 0.6) is 5.75 Å². The zero-order valence-electron chi connectivity index (χ0n) is 13.9. The number of aryl methyl sites for hydroxylation is 1. The van der Waals surface area contributed by atoms with Crippen molar-refractivity contribution in [2.75, 3.05) is 5.32 Å². The van der Waals surface area contributed by atoms with Crippen molar-refractivity contribution in [3.05, 3.63) is 64.3 Å². The summed E-state index contributed by atoms with van der Waals surface area (Å²) < 4.78 is 38.7. The van der Waals surface area contributed by atoms with E-state index < -0.39 is 22.7 Å². The van der Waals surface area contributed by atoms with Crippen LogP contribution in [0.3, 0.4) is 0 Å². The highest BCUT2D eigenvalue weighted by Gasteiger charge is 2.33. The number of nitrogens with one attached hydrogen (secondary N) is 2. The number of rotatable bonds is 3. The van der Waals surface area contributed by atoms with Gasteiger partial charge in [0.2, 0.25) is 0 Å². The van der Waals surface area contributed by atoms with Crippen LogP contribution in [0.25, 0.3) is 11.3 Å². The molecule has 0 saturated heterocycles. The number of aromatic amines is 1. The van der Waals surface area contributed by atoms with Crippen molar-refractivity contribution in [3.63, 3.8) is 0 Å². The van der Waals surface area contributed by atoms with Crippen molar-refractivity contribution < 1.29 is 23.1 Å². The summed E-state index contributed by atoms with van der Waals surface area (Å²) in [5, 5.41) is 18.5. The topological polar surface area (TPSA) is 78.0 Å². The lowest BCUT2D eigenvalue weighted by Gasteiger charge is -2.11. The van der Waals surface area contributed by atoms with Gasteiger partial charge in [0.15, 0.2) is 0 Å². The van der Waals surface area contributed by atoms with Gasteiger partial charge in [-0.3, -0.25) is 9.89 Å². The van der Waals surface area contributed by atoms with Crippen LogP contribution in [0.1, 0.15) is 21.6 Å². The number of benzene rings is 2. The minimum Gasteiger partial charge on any atom is -0.507 e. The number of para-hydroxylation sites is 1. The monoisotopic (exact) mass is 395 g/mol. The Labute approximate surface area is 156 Å². The average Bonchev–Trinajstić information content (AvgIpc) is 3.08. The van der Waals surface area contributed by atoms with Crippen LogP contribution >= 0.6 is 11.6 Å². The Morgan fingerprint density at radius 1 is 1.22 bits per heavy atom. The summed E-state index contributed by atoms with van der Waals surface area (Å²) >= 11 is 5.56. The van der Waals surface area contributed by atoms with Gasteiger partial charge < -0.3 is 10.4 Å². The van der Waals surface area contributed by atoms with Crippen LogP contribution in [0, 0.1) is 6.92 Å². The molecule has 5 nitrogen and oxygen atoms in total. The molecule has 1 heterocycles. The van der Waals surface area contributed by atoms with Gasteiger partial charge in [-0.2, -0.15) is 18.3 Å². The van der Waals surface area contributed by atoms with E-state index in [1.807, 2.05) is 0 Å². The maximum absolute atomic E-state index is 12.9. The number of amides is 1. The van der Waals surface area contributed by atoms with Gasteiger partial charge in [0.25, 0.3) is 5.91 Å². The van der Waals surface area contributed by atoms with E-state index in [9.17, 15) is 23.1 Å². The van der Waals surface area contributed by atoms with Crippen molar-refractivity contribution in [1.29, 1.82) is 0 Å². The molecule has 0 spiro atoms. The fourth-order valence-electron chi connectivity index (χ4n) is 2.46. The fraction of sp³-hybridized carbons (Fsp3) is 0.111. The number of phenolic OH excluding ortho intramolecular Hbond substituents is 1. The molecule has 0 fully saturated rings. The Kier molecular flexibility index (Phi) is 4.84. The number of carbonyl (C=O) groups excluding carboxylic acids is 1. The third-order valence-electron chi connectivity index (χ3n) is 3.87. The first kappa shape index (κ1) is 18.8. The van der Waals surface area contributed by atoms with Gasteiger partial charge in [-0.05, 0) is 42.8 Å². The van der Waals surface area contributed by atoms with E-state index in [4.69, 9.17) is 11.6 Å². The van der Waals surface area contributed by atoms with Crippen LogP contribution in [0.2, 0.25) is 5.02 Å². The Bertz CT molecular complexity index is 1020. The van der Waals surface area contributed by atoms with E-state index >= 15 is 0 Å². The molecule has 2 aromatic carbocycles. The number of aromatic hydroxyl groups is 1. The Morgan fingerprint density at radius 2 is 1.96 bits per heavy atom. The molecule has 0 atom stereocenters. The van der Waals surface area contributed by atoms with Gasteiger partial charge in [-0.15, -0.1) is 0 Å². The molecular weight excluding hydrogens is 383 g/mol. The zero-order chi connectivity index (χ0) is 19.8. The van der Waals surface area contributed by atoms with Crippen LogP contribution in [-0.4, -0.2) is 21.2 Å². The summed E-state index contributed by atoms with van der Waals surface area (Å²) in [7, 11) is 0. The molecule has 3 rings (SSSR count). The molecule has 27 heavy (non-hydrogen) atoms. The van der Waals surface area contributed by atoms with E-state index in [-0.39, 0.29) is 17.1 Å². The van der Waals surface area contributed by atoms with Crippen molar-refractivity contribution in [2.45, 2.75) is 13.1 Å². The molecule has 3 N–H and O–H groups in total. The number of halogens is 4. The smallest absolute Gasteiger partial charge is 0.417 e. The molecule has 0 aliphatic heterocycles. The number of phenols is 1. The average molecular weight is 396 g/mol. The first-order valence-corrected chi connectivity index (χ1v) is 8.07. The van der Waals surface area contributed by atoms with Crippen LogP contribution in [0.15, 0.2) is 42.5 Å². The predicted molar refractivity (Wildman–Crippen MR) is 94.8 cm³/mol. The van der Waals surface area contributed by atoms with E-state index in [2.05, 4.69) is 15.5 Å². The van der Waals surface area contributed by atoms with Crippen molar-refractivity contribution in [3.8, 4) is 17.0 Å². The molecule has 1 aromatic heterocycles. The first-order valence-electron chi connectivity index (χ1n) is 7.69. The molecule has 3 aromatic rings. The lowest BCUT2D eigenvalue weighted by Crippen LogP contribution is -2.14. The second-order valence-electron chi connectivity index (χ2n) is 5.78. The highest BCUT2D eigenvalue weighted by molar-refractivity contribution is 6.31. The number of aromatic nitrogens is 2. The molecule has 0 bridgehead atoms. The number of anilines is 1. The molecule has 0 aliphatic rings. The normalized spacial score (nSPS) is 11.4. The maximum atomic E-state index is 12.9. The second kappa shape index (κ2) is 6.96. The number of H-pyrrole nitrogens is 1. The van der Waals surface area contributed by atoms with Crippen LogP contribution in [0.4, 0.5) is 18.9 Å². The Morgan fingerprint density at radius 3 is 2.67 bits per heavy atom. The molecule has 0 unspecified atom stereocenters. The summed E-state index contributed by atoms with van der Waals surface area (Å²) in [4.78, 5) is 12.3. The number of nitrogens with zero attached hydrogens (tertiary/aromatic N) is 1. The summed E-state index contributed by atoms with van der Waals surface area (Å²) in [5.74, 6) is -0.653. The highest BCUT2D eigenvalue weighted by Crippen LogP contribution is 2.36. The molecule has 0 aliphatic carbocycles. The minimum absolute atomic E-state index is 0.0226. The van der Waals surface area contributed by atoms with Gasteiger partial charge in [0.05, 0.1) is 16.3 Å². The lowest BCUT2D eigenvalue weighted by atomic mass is 10.1. The van der Waals surface area contributed by atoms with E-state index in [0.29, 0.717) is 16.8 Å². The number of hydrogen-bond acceptors (Lipinski definition) is 3. The van der Waals surface area contributed by atoms with Crippen LogP contribution < -0.4 is 5.32 Å². The molecule has 0 saturated carbocycles. The van der Waals surface area contributed by atoms with Crippen molar-refractivity contribution in [2.24, 2.45) is 0 Å². The van der Waals surface area contributed by atoms with Gasteiger partial charge in [-0.1, -0.05) is 23.7 Å². The first-order chi connectivity index (χ1) is 12.7. The predicted octanol–water partition coefficient (Wildman–Crippen LogP) is 5.02. The fourth-order valence-corrected chi connectivity index (χ4v) is 2.69. The molecular formula is C18H13ClF3N3O2. The Hall–Kier alpha value is -3.00. The molecule has 0 radical (unpaired) electrons. The van der Waals surface area contributed by atoms with Gasteiger partial charge in [0.1, 0.15) is 11.4 Å². The molecule has 140 valence electrons. The van der Waals surface area contributed by atoms with Crippen LogP contribution in [-0.2, 0) is 6.18 Å². The van der Waals surface area contributed by atoms with Crippen molar-refractivity contribution in [1.82, 2.24) is 10.2 Å². The SMILES string of the molecule is Cc1cccc(-c2cc(C(=O)Nc3ccc(Cl)c(C(F)(F)F)c3)[nH]n2)c1O. The molecule has 1 amide bonds. The Balaban J connectivity index is 1.84. The zero-order valence-corrected chi connectivity index (χ0v) is 14.6. The van der Waals surface area contributed by atoms with Gasteiger partial charge in [0, 0.05) is 11.3 Å². The highest BCUT2D eigenvalue weighted by atomic mass is 35.5. The third kappa shape index (κ3) is 3.90. The lowest BCUT2D eigenvalue weighted by molar-refractivity contribution is -0.137. The van der Waals surface area contributed by atoms with Gasteiger partial charge in [-0.25, -0.2) is 0 Å². The standard InChI is InChI=1S/C18H13ClF3N3O2/c1-9-3-2-4-11(16(9)26)14-8-15(25-24-14)17(27)23-10-5-6-13(19)12(7-10)18(20,21)22/h2-8,26H,1H3,(H,23,27)(H,24,25). The summed E-state index contributed by atoms with van der Waals surface area (Å²) in [6.07, 6.45) is -4.64. The van der Waals surface area contributed by atoms with Crippen molar-refractivity contribution >= 4 is 23.2 Å². The molecule has 9 heteroatoms. The third-order valence-corrected chi connectivity index (χ3v) is 4.20. The summed E-state index contributed by atoms with van der Waals surface area (Å²) in [6, 6.07) is 9.55. The number of carbonyl (C=O) groups is 1. The minimum atomic E-state index is -4.64. The largest absolute Gasteiger partial charge is 0.507 e. The second-order valence-corrected chi connectivity index (χ2v) is 6.19. The van der Waals surface area contributed by atoms with E-state index in [1.165, 1.54) is 12.1 Å². The number of hydrogen-bond donors (Lipinski definition) is 3. The van der Waals surface area contributed by atoms with E-state index in [0.717, 1.165) is 12.1 Å². The van der Waals surface area contributed by atoms with E-state index in [1.54, 1.807) is 25.1 Å². The summed E-state index contributed by atoms with van der Waals surface area (Å²) in [5.41, 5.74) is 0.310. The number of alkyl halides is 3. The van der Waals surface area contributed by atoms with Gasteiger partial charge >= 0.3 is 6.18 Å².